The molecule has 4 radical (unpaired) electrons. The van der Waals surface area contributed by atoms with Crippen molar-refractivity contribution in [3.8, 4) is 0 Å². The molecular formula is C3H8OY4. The van der Waals surface area contributed by atoms with E-state index in [0.717, 1.165) is 0 Å². The van der Waals surface area contributed by atoms with Crippen LogP contribution in [0.2, 0.25) is 0 Å². The number of hydrogen-bond acceptors (Lipinski definition) is 1. The molecule has 38 valence electrons. The van der Waals surface area contributed by atoms with E-state index in [9.17, 15) is 0 Å². The van der Waals surface area contributed by atoms with E-state index in [1.54, 1.807) is 13.8 Å². The first-order valence-electron chi connectivity index (χ1n) is 1.41. The van der Waals surface area contributed by atoms with E-state index in [0.29, 0.717) is 0 Å². The number of rotatable bonds is 0. The summed E-state index contributed by atoms with van der Waals surface area (Å²) < 4.78 is 0. The Balaban J connectivity index is -0.00000000750. The number of aliphatic hydroxyl groups excluding tert-OH is 1. The van der Waals surface area contributed by atoms with Crippen LogP contribution in [0.4, 0.5) is 0 Å². The van der Waals surface area contributed by atoms with Crippen LogP contribution in [-0.2, 0) is 131 Å². The van der Waals surface area contributed by atoms with E-state index >= 15 is 0 Å². The summed E-state index contributed by atoms with van der Waals surface area (Å²) in [7, 11) is 0. The fraction of sp³-hybridized carbons (Fsp3) is 1.00. The second-order valence-electron chi connectivity index (χ2n) is 1.09. The van der Waals surface area contributed by atoms with Crippen LogP contribution in [0.15, 0.2) is 0 Å². The van der Waals surface area contributed by atoms with Crippen LogP contribution in [0.25, 0.3) is 0 Å². The third kappa shape index (κ3) is 47.6. The van der Waals surface area contributed by atoms with Gasteiger partial charge in [-0.15, -0.1) is 0 Å². The zero-order valence-electron chi connectivity index (χ0n) is 5.33. The summed E-state index contributed by atoms with van der Waals surface area (Å²) in [6, 6.07) is 0. The fourth-order valence-electron chi connectivity index (χ4n) is 0. The van der Waals surface area contributed by atoms with Crippen LogP contribution in [0.5, 0.6) is 0 Å². The Kier molecular flexibility index (Phi) is 82.8. The second kappa shape index (κ2) is 22.5. The second-order valence-corrected chi connectivity index (χ2v) is 1.09. The molecule has 0 fully saturated rings. The molecule has 5 heteroatoms. The molecule has 0 aliphatic carbocycles. The minimum atomic E-state index is -0.167. The van der Waals surface area contributed by atoms with Crippen molar-refractivity contribution >= 4 is 0 Å². The van der Waals surface area contributed by atoms with Gasteiger partial charge in [-0.25, -0.2) is 0 Å². The van der Waals surface area contributed by atoms with Crippen LogP contribution in [-0.4, -0.2) is 11.2 Å². The van der Waals surface area contributed by atoms with Gasteiger partial charge in [-0.1, -0.05) is 0 Å². The van der Waals surface area contributed by atoms with Crippen molar-refractivity contribution in [3.05, 3.63) is 0 Å². The SMILES string of the molecule is CC(C)O.[Y].[Y].[Y].[Y]. The van der Waals surface area contributed by atoms with Gasteiger partial charge in [0.1, 0.15) is 0 Å². The van der Waals surface area contributed by atoms with Gasteiger partial charge in [0.25, 0.3) is 0 Å². The number of aliphatic hydroxyl groups is 1. The Morgan fingerprint density at radius 1 is 0.875 bits per heavy atom. The first kappa shape index (κ1) is 29.4. The van der Waals surface area contributed by atoms with Crippen LogP contribution >= 0.6 is 0 Å². The topological polar surface area (TPSA) is 20.2 Å². The van der Waals surface area contributed by atoms with E-state index < -0.39 is 0 Å². The fourth-order valence-corrected chi connectivity index (χ4v) is 0. The van der Waals surface area contributed by atoms with Gasteiger partial charge in [0.05, 0.1) is 0 Å². The van der Waals surface area contributed by atoms with Crippen molar-refractivity contribution in [2.24, 2.45) is 0 Å². The van der Waals surface area contributed by atoms with E-state index in [2.05, 4.69) is 0 Å². The smallest absolute Gasteiger partial charge is 0.0483 e. The van der Waals surface area contributed by atoms with Gasteiger partial charge in [0.15, 0.2) is 0 Å². The molecule has 0 aromatic carbocycles. The average Bonchev–Trinajstić information content (AvgIpc) is 0.811. The minimum Gasteiger partial charge on any atom is -0.394 e. The van der Waals surface area contributed by atoms with Gasteiger partial charge < -0.3 is 5.11 Å². The molecule has 0 heterocycles. The Morgan fingerprint density at radius 3 is 0.875 bits per heavy atom. The molecular weight excluding hydrogens is 408 g/mol. The van der Waals surface area contributed by atoms with Crippen LogP contribution < -0.4 is 0 Å². The van der Waals surface area contributed by atoms with Gasteiger partial charge >= 0.3 is 0 Å². The maximum Gasteiger partial charge on any atom is 0.0483 e. The number of hydrogen-bond donors (Lipinski definition) is 1. The third-order valence-corrected chi connectivity index (χ3v) is 0. The van der Waals surface area contributed by atoms with Crippen molar-refractivity contribution in [2.75, 3.05) is 0 Å². The largest absolute Gasteiger partial charge is 0.394 e. The zero-order chi connectivity index (χ0) is 3.58. The molecule has 0 atom stereocenters. The Bertz CT molecular complexity index is 16.0. The molecule has 1 nitrogen and oxygen atoms in total. The summed E-state index contributed by atoms with van der Waals surface area (Å²) in [6.45, 7) is 3.44. The molecule has 0 bridgehead atoms. The van der Waals surface area contributed by atoms with E-state index in [1.807, 2.05) is 0 Å². The van der Waals surface area contributed by atoms with Crippen molar-refractivity contribution < 1.29 is 136 Å². The molecule has 0 aromatic rings. The Labute approximate surface area is 152 Å². The molecule has 0 aliphatic rings. The molecule has 0 aliphatic heterocycles. The molecule has 0 spiro atoms. The molecule has 0 aromatic heterocycles. The maximum atomic E-state index is 8.06. The van der Waals surface area contributed by atoms with E-state index in [4.69, 9.17) is 5.11 Å². The molecule has 0 saturated carbocycles. The molecule has 8 heavy (non-hydrogen) atoms. The monoisotopic (exact) mass is 416 g/mol. The third-order valence-electron chi connectivity index (χ3n) is 0. The quantitative estimate of drug-likeness (QED) is 0.606. The van der Waals surface area contributed by atoms with Crippen molar-refractivity contribution in [1.29, 1.82) is 0 Å². The molecule has 0 saturated heterocycles. The summed E-state index contributed by atoms with van der Waals surface area (Å²) in [5.41, 5.74) is 0. The summed E-state index contributed by atoms with van der Waals surface area (Å²) in [6.07, 6.45) is -0.167. The summed E-state index contributed by atoms with van der Waals surface area (Å²) in [5.74, 6) is 0. The molecule has 0 rings (SSSR count). The summed E-state index contributed by atoms with van der Waals surface area (Å²) in [4.78, 5) is 0. The van der Waals surface area contributed by atoms with Crippen LogP contribution in [0.1, 0.15) is 13.8 Å². The average molecular weight is 416 g/mol. The first-order valence-corrected chi connectivity index (χ1v) is 1.41. The predicted octanol–water partition coefficient (Wildman–Crippen LogP) is 0.377. The van der Waals surface area contributed by atoms with Gasteiger partial charge in [0.2, 0.25) is 0 Å². The van der Waals surface area contributed by atoms with Crippen LogP contribution in [0.3, 0.4) is 0 Å². The first-order chi connectivity index (χ1) is 1.73. The minimum absolute atomic E-state index is 0. The normalized spacial score (nSPS) is 4.50. The zero-order valence-corrected chi connectivity index (χ0v) is 16.7. The van der Waals surface area contributed by atoms with Crippen LogP contribution in [0, 0.1) is 0 Å². The van der Waals surface area contributed by atoms with Crippen molar-refractivity contribution in [3.63, 3.8) is 0 Å². The van der Waals surface area contributed by atoms with Gasteiger partial charge in [-0.3, -0.25) is 0 Å². The van der Waals surface area contributed by atoms with Crippen molar-refractivity contribution in [1.82, 2.24) is 0 Å². The molecule has 0 amide bonds. The molecule has 0 unspecified atom stereocenters. The van der Waals surface area contributed by atoms with Gasteiger partial charge in [-0.2, -0.15) is 0 Å². The van der Waals surface area contributed by atoms with Gasteiger partial charge in [-0.05, 0) is 13.8 Å². The molecule has 1 N–H and O–H groups in total. The maximum absolute atomic E-state index is 8.06. The van der Waals surface area contributed by atoms with Crippen molar-refractivity contribution in [2.45, 2.75) is 20.0 Å². The van der Waals surface area contributed by atoms with E-state index in [1.165, 1.54) is 0 Å². The van der Waals surface area contributed by atoms with E-state index in [-0.39, 0.29) is 137 Å². The standard InChI is InChI=1S/C3H8O.4Y/c1-3(2)4;;;;/h3-4H,1-2H3;;;;. The van der Waals surface area contributed by atoms with Gasteiger partial charge in [0, 0.05) is 137 Å². The Morgan fingerprint density at radius 2 is 0.875 bits per heavy atom. The summed E-state index contributed by atoms with van der Waals surface area (Å²) >= 11 is 0. The Hall–Kier alpha value is 4.38. The summed E-state index contributed by atoms with van der Waals surface area (Å²) in [5, 5.41) is 8.06. The predicted molar refractivity (Wildman–Crippen MR) is 17.4 cm³/mol.